The lowest BCUT2D eigenvalue weighted by atomic mass is 9.89. The zero-order valence-electron chi connectivity index (χ0n) is 8.37. The third-order valence-electron chi connectivity index (χ3n) is 1.76. The maximum Gasteiger partial charge on any atom is 0.373 e. The van der Waals surface area contributed by atoms with Crippen LogP contribution in [0, 0.1) is 0 Å². The van der Waals surface area contributed by atoms with Gasteiger partial charge in [-0.05, 0) is 13.4 Å². The number of nitrogens with one attached hydrogen (secondary N) is 1. The van der Waals surface area contributed by atoms with Crippen LogP contribution < -0.4 is 16.7 Å². The van der Waals surface area contributed by atoms with Gasteiger partial charge in [0.05, 0.1) is 0 Å². The summed E-state index contributed by atoms with van der Waals surface area (Å²) in [4.78, 5) is 2.18. The van der Waals surface area contributed by atoms with Gasteiger partial charge in [-0.2, -0.15) is 0 Å². The summed E-state index contributed by atoms with van der Waals surface area (Å²) < 4.78 is 0. The van der Waals surface area contributed by atoms with Crippen molar-refractivity contribution in [2.75, 3.05) is 39.3 Å². The fourth-order valence-corrected chi connectivity index (χ4v) is 1.13. The summed E-state index contributed by atoms with van der Waals surface area (Å²) in [6.07, 6.45) is 0. The maximum atomic E-state index is 8.95. The van der Waals surface area contributed by atoms with Gasteiger partial charge >= 0.3 is 7.05 Å². The Labute approximate surface area is 80.6 Å². The van der Waals surface area contributed by atoms with Crippen molar-refractivity contribution in [3.05, 3.63) is 0 Å². The van der Waals surface area contributed by atoms with E-state index >= 15 is 0 Å². The van der Waals surface area contributed by atoms with Gasteiger partial charge in [-0.25, -0.2) is 0 Å². The van der Waals surface area contributed by atoms with Gasteiger partial charge < -0.3 is 21.7 Å². The van der Waals surface area contributed by atoms with E-state index in [4.69, 9.17) is 16.5 Å². The van der Waals surface area contributed by atoms with Crippen LogP contribution in [0.2, 0.25) is 6.82 Å². The summed E-state index contributed by atoms with van der Waals surface area (Å²) in [5, 5.41) is 11.9. The highest BCUT2D eigenvalue weighted by Crippen LogP contribution is 1.83. The third-order valence-corrected chi connectivity index (χ3v) is 1.76. The van der Waals surface area contributed by atoms with Crippen molar-refractivity contribution in [3.63, 3.8) is 0 Å². The van der Waals surface area contributed by atoms with Crippen LogP contribution in [0.15, 0.2) is 0 Å². The quantitative estimate of drug-likeness (QED) is 0.328. The predicted molar refractivity (Wildman–Crippen MR) is 56.4 cm³/mol. The first kappa shape index (κ1) is 12.9. The van der Waals surface area contributed by atoms with Crippen LogP contribution in [0.1, 0.15) is 0 Å². The molecule has 0 aromatic heterocycles. The highest BCUT2D eigenvalue weighted by Gasteiger charge is 2.04. The van der Waals surface area contributed by atoms with Crippen LogP contribution in [0.4, 0.5) is 0 Å². The molecule has 0 aliphatic carbocycles. The first-order valence-corrected chi connectivity index (χ1v) is 4.74. The number of hydrogen-bond acceptors (Lipinski definition) is 5. The molecule has 0 aromatic rings. The average Bonchev–Trinajstić information content (AvgIpc) is 2.04. The molecule has 0 rings (SSSR count). The first-order valence-electron chi connectivity index (χ1n) is 4.74. The van der Waals surface area contributed by atoms with Crippen LogP contribution in [0.3, 0.4) is 0 Å². The summed E-state index contributed by atoms with van der Waals surface area (Å²) in [7, 11) is -0.447. The molecular formula is C7H21BN4O. The van der Waals surface area contributed by atoms with E-state index in [1.165, 1.54) is 0 Å². The van der Waals surface area contributed by atoms with E-state index in [0.29, 0.717) is 13.1 Å². The monoisotopic (exact) mass is 188 g/mol. The van der Waals surface area contributed by atoms with Gasteiger partial charge in [0.25, 0.3) is 0 Å². The molecule has 0 bridgehead atoms. The van der Waals surface area contributed by atoms with Gasteiger partial charge in [0, 0.05) is 32.7 Å². The second-order valence-corrected chi connectivity index (χ2v) is 3.05. The first-order chi connectivity index (χ1) is 6.20. The fraction of sp³-hybridized carbons (Fsp3) is 1.00. The molecular weight excluding hydrogens is 167 g/mol. The Morgan fingerprint density at radius 1 is 1.23 bits per heavy atom. The van der Waals surface area contributed by atoms with Crippen molar-refractivity contribution in [1.29, 1.82) is 0 Å². The van der Waals surface area contributed by atoms with Crippen molar-refractivity contribution in [2.24, 2.45) is 11.5 Å². The molecule has 78 valence electrons. The Kier molecular flexibility index (Phi) is 8.37. The predicted octanol–water partition coefficient (Wildman–Crippen LogP) is -2.09. The standard InChI is InChI=1S/C7H21BN4O/c1-8(13)11-4-7-12(5-2-9)6-3-10/h11,13H,2-7,9-10H2,1H3. The molecule has 0 radical (unpaired) electrons. The normalized spacial score (nSPS) is 10.8. The minimum Gasteiger partial charge on any atom is -0.437 e. The lowest BCUT2D eigenvalue weighted by Gasteiger charge is -2.20. The summed E-state index contributed by atoms with van der Waals surface area (Å²) >= 11 is 0. The number of nitrogens with two attached hydrogens (primary N) is 2. The minimum absolute atomic E-state index is 0.447. The fourth-order valence-electron chi connectivity index (χ4n) is 1.13. The van der Waals surface area contributed by atoms with Crippen molar-refractivity contribution in [1.82, 2.24) is 10.1 Å². The molecule has 0 fully saturated rings. The van der Waals surface area contributed by atoms with E-state index in [1.807, 2.05) is 0 Å². The van der Waals surface area contributed by atoms with Crippen molar-refractivity contribution in [3.8, 4) is 0 Å². The third kappa shape index (κ3) is 8.20. The molecule has 0 aromatic carbocycles. The lowest BCUT2D eigenvalue weighted by Crippen LogP contribution is -2.41. The van der Waals surface area contributed by atoms with E-state index in [-0.39, 0.29) is 0 Å². The minimum atomic E-state index is -0.447. The Morgan fingerprint density at radius 3 is 2.15 bits per heavy atom. The Morgan fingerprint density at radius 2 is 1.77 bits per heavy atom. The summed E-state index contributed by atoms with van der Waals surface area (Å²) in [5.74, 6) is 0. The summed E-state index contributed by atoms with van der Waals surface area (Å²) in [6.45, 7) is 6.36. The molecule has 0 saturated heterocycles. The highest BCUT2D eigenvalue weighted by atomic mass is 16.2. The van der Waals surface area contributed by atoms with Crippen LogP contribution >= 0.6 is 0 Å². The molecule has 0 aliphatic heterocycles. The Balaban J connectivity index is 3.44. The van der Waals surface area contributed by atoms with Gasteiger partial charge in [0.2, 0.25) is 0 Å². The second-order valence-electron chi connectivity index (χ2n) is 3.05. The van der Waals surface area contributed by atoms with E-state index in [2.05, 4.69) is 10.1 Å². The zero-order valence-corrected chi connectivity index (χ0v) is 8.37. The Hall–Kier alpha value is -0.135. The number of hydrogen-bond donors (Lipinski definition) is 4. The van der Waals surface area contributed by atoms with Crippen LogP contribution in [-0.4, -0.2) is 56.2 Å². The zero-order chi connectivity index (χ0) is 10.1. The molecule has 0 saturated carbocycles. The molecule has 6 N–H and O–H groups in total. The van der Waals surface area contributed by atoms with E-state index in [0.717, 1.165) is 26.2 Å². The van der Waals surface area contributed by atoms with Crippen molar-refractivity contribution < 1.29 is 5.02 Å². The molecule has 0 spiro atoms. The van der Waals surface area contributed by atoms with Gasteiger partial charge in [-0.1, -0.05) is 0 Å². The van der Waals surface area contributed by atoms with Gasteiger partial charge in [0.15, 0.2) is 0 Å². The lowest BCUT2D eigenvalue weighted by molar-refractivity contribution is 0.292. The molecule has 0 aliphatic rings. The molecule has 13 heavy (non-hydrogen) atoms. The van der Waals surface area contributed by atoms with Gasteiger partial charge in [0.1, 0.15) is 0 Å². The highest BCUT2D eigenvalue weighted by molar-refractivity contribution is 6.45. The number of rotatable bonds is 8. The van der Waals surface area contributed by atoms with E-state index in [9.17, 15) is 0 Å². The van der Waals surface area contributed by atoms with Crippen molar-refractivity contribution in [2.45, 2.75) is 6.82 Å². The summed E-state index contributed by atoms with van der Waals surface area (Å²) in [6, 6.07) is 0. The molecule has 0 amide bonds. The molecule has 0 atom stereocenters. The molecule has 5 nitrogen and oxygen atoms in total. The second kappa shape index (κ2) is 8.46. The van der Waals surface area contributed by atoms with E-state index in [1.54, 1.807) is 6.82 Å². The number of nitrogens with zero attached hydrogens (tertiary/aromatic N) is 1. The molecule has 0 heterocycles. The molecule has 6 heteroatoms. The largest absolute Gasteiger partial charge is 0.437 e. The smallest absolute Gasteiger partial charge is 0.373 e. The Bertz CT molecular complexity index is 109. The van der Waals surface area contributed by atoms with Crippen LogP contribution in [-0.2, 0) is 0 Å². The topological polar surface area (TPSA) is 87.5 Å². The summed E-state index contributed by atoms with van der Waals surface area (Å²) in [5.41, 5.74) is 10.9. The SMILES string of the molecule is CB(O)NCCN(CCN)CCN. The van der Waals surface area contributed by atoms with Crippen LogP contribution in [0.5, 0.6) is 0 Å². The average molecular weight is 188 g/mol. The van der Waals surface area contributed by atoms with Crippen molar-refractivity contribution >= 4 is 7.05 Å². The van der Waals surface area contributed by atoms with Crippen LogP contribution in [0.25, 0.3) is 0 Å². The van der Waals surface area contributed by atoms with E-state index < -0.39 is 7.05 Å². The van der Waals surface area contributed by atoms with Gasteiger partial charge in [-0.3, -0.25) is 4.90 Å². The van der Waals surface area contributed by atoms with Gasteiger partial charge in [-0.15, -0.1) is 0 Å². The molecule has 0 unspecified atom stereocenters. The maximum absolute atomic E-state index is 8.95.